The van der Waals surface area contributed by atoms with Gasteiger partial charge in [0.05, 0.1) is 0 Å². The van der Waals surface area contributed by atoms with Crippen molar-refractivity contribution in [1.82, 2.24) is 9.88 Å². The van der Waals surface area contributed by atoms with E-state index in [9.17, 15) is 4.79 Å². The Kier molecular flexibility index (Phi) is 5.72. The molecule has 2 aromatic rings. The Balaban J connectivity index is 2.31. The van der Waals surface area contributed by atoms with E-state index in [4.69, 9.17) is 4.74 Å². The molecule has 1 amide bonds. The van der Waals surface area contributed by atoms with Crippen LogP contribution in [0.3, 0.4) is 0 Å². The Hall–Kier alpha value is -2.62. The van der Waals surface area contributed by atoms with Gasteiger partial charge in [-0.05, 0) is 37.6 Å². The molecule has 0 saturated carbocycles. The summed E-state index contributed by atoms with van der Waals surface area (Å²) in [6.07, 6.45) is 4.92. The van der Waals surface area contributed by atoms with E-state index < -0.39 is 0 Å². The molecule has 1 aromatic heterocycles. The normalized spacial score (nSPS) is 11.1. The highest BCUT2D eigenvalue weighted by molar-refractivity contribution is 5.84. The largest absolute Gasteiger partial charge is 0.415 e. The number of carbonyl (C=O) groups excluding carboxylic acids is 1. The standard InChI is InChI=1S/C18H20N2O2/c1-3-20(4-2)18(21)22-17(16-8-6-5-7-9-16)14-15-10-12-19-13-11-15/h5-14H,3-4H2,1-2H3/b17-14-. The number of ether oxygens (including phenoxy) is 1. The van der Waals surface area contributed by atoms with Crippen LogP contribution in [-0.4, -0.2) is 29.1 Å². The zero-order valence-electron chi connectivity index (χ0n) is 12.9. The fraction of sp³-hybridized carbons (Fsp3) is 0.222. The lowest BCUT2D eigenvalue weighted by atomic mass is 10.1. The Morgan fingerprint density at radius 1 is 1.09 bits per heavy atom. The average Bonchev–Trinajstić information content (AvgIpc) is 2.57. The van der Waals surface area contributed by atoms with Crippen LogP contribution in [0.2, 0.25) is 0 Å². The Morgan fingerprint density at radius 3 is 2.32 bits per heavy atom. The molecule has 0 fully saturated rings. The van der Waals surface area contributed by atoms with Crippen molar-refractivity contribution in [2.45, 2.75) is 13.8 Å². The van der Waals surface area contributed by atoms with Crippen molar-refractivity contribution < 1.29 is 9.53 Å². The summed E-state index contributed by atoms with van der Waals surface area (Å²) in [7, 11) is 0. The Labute approximate surface area is 131 Å². The van der Waals surface area contributed by atoms with Crippen LogP contribution in [0.1, 0.15) is 25.0 Å². The summed E-state index contributed by atoms with van der Waals surface area (Å²) in [6, 6.07) is 13.3. The number of rotatable bonds is 5. The van der Waals surface area contributed by atoms with Crippen LogP contribution < -0.4 is 0 Å². The fourth-order valence-electron chi connectivity index (χ4n) is 2.03. The minimum absolute atomic E-state index is 0.339. The molecule has 0 N–H and O–H groups in total. The maximum Gasteiger partial charge on any atom is 0.415 e. The van der Waals surface area contributed by atoms with E-state index >= 15 is 0 Å². The Bertz CT molecular complexity index is 620. The number of carbonyl (C=O) groups is 1. The number of hydrogen-bond acceptors (Lipinski definition) is 3. The summed E-state index contributed by atoms with van der Waals surface area (Å²) < 4.78 is 5.61. The second-order valence-electron chi connectivity index (χ2n) is 4.70. The second kappa shape index (κ2) is 7.98. The van der Waals surface area contributed by atoms with E-state index in [1.807, 2.05) is 62.4 Å². The summed E-state index contributed by atoms with van der Waals surface area (Å²) in [4.78, 5) is 17.9. The van der Waals surface area contributed by atoms with Crippen LogP contribution >= 0.6 is 0 Å². The number of pyridine rings is 1. The highest BCUT2D eigenvalue weighted by atomic mass is 16.6. The van der Waals surface area contributed by atoms with E-state index in [2.05, 4.69) is 4.98 Å². The lowest BCUT2D eigenvalue weighted by Gasteiger charge is -2.19. The zero-order chi connectivity index (χ0) is 15.8. The van der Waals surface area contributed by atoms with Crippen molar-refractivity contribution in [2.75, 3.05) is 13.1 Å². The van der Waals surface area contributed by atoms with Gasteiger partial charge in [0.25, 0.3) is 0 Å². The molecule has 0 atom stereocenters. The van der Waals surface area contributed by atoms with Crippen LogP contribution in [0.5, 0.6) is 0 Å². The first kappa shape index (κ1) is 15.8. The molecule has 0 radical (unpaired) electrons. The molecular formula is C18H20N2O2. The highest BCUT2D eigenvalue weighted by Crippen LogP contribution is 2.20. The van der Waals surface area contributed by atoms with Gasteiger partial charge in [-0.3, -0.25) is 4.98 Å². The molecule has 0 spiro atoms. The molecule has 0 unspecified atom stereocenters. The predicted octanol–water partition coefficient (Wildman–Crippen LogP) is 4.06. The summed E-state index contributed by atoms with van der Waals surface area (Å²) in [5.41, 5.74) is 1.79. The second-order valence-corrected chi connectivity index (χ2v) is 4.70. The molecule has 4 heteroatoms. The number of hydrogen-bond donors (Lipinski definition) is 0. The van der Waals surface area contributed by atoms with Crippen molar-refractivity contribution in [3.8, 4) is 0 Å². The van der Waals surface area contributed by atoms with Gasteiger partial charge in [-0.1, -0.05) is 30.3 Å². The monoisotopic (exact) mass is 296 g/mol. The van der Waals surface area contributed by atoms with Crippen molar-refractivity contribution in [2.24, 2.45) is 0 Å². The molecule has 2 rings (SSSR count). The molecule has 0 saturated heterocycles. The van der Waals surface area contributed by atoms with Gasteiger partial charge in [-0.25, -0.2) is 4.79 Å². The quantitative estimate of drug-likeness (QED) is 0.781. The first-order valence-corrected chi connectivity index (χ1v) is 7.38. The van der Waals surface area contributed by atoms with Crippen molar-refractivity contribution >= 4 is 17.9 Å². The molecule has 114 valence electrons. The molecule has 1 aromatic carbocycles. The lowest BCUT2D eigenvalue weighted by Crippen LogP contribution is -2.30. The third-order valence-electron chi connectivity index (χ3n) is 3.28. The van der Waals surface area contributed by atoms with Crippen molar-refractivity contribution in [3.63, 3.8) is 0 Å². The molecule has 0 aliphatic rings. The molecule has 1 heterocycles. The van der Waals surface area contributed by atoms with E-state index in [0.29, 0.717) is 18.8 Å². The van der Waals surface area contributed by atoms with Gasteiger partial charge in [-0.15, -0.1) is 0 Å². The van der Waals surface area contributed by atoms with Crippen molar-refractivity contribution in [3.05, 3.63) is 66.0 Å². The van der Waals surface area contributed by atoms with E-state index in [-0.39, 0.29) is 6.09 Å². The van der Waals surface area contributed by atoms with Gasteiger partial charge < -0.3 is 9.64 Å². The van der Waals surface area contributed by atoms with Crippen LogP contribution in [0.4, 0.5) is 4.79 Å². The minimum atomic E-state index is -0.339. The molecular weight excluding hydrogens is 276 g/mol. The molecule has 4 nitrogen and oxygen atoms in total. The zero-order valence-corrected chi connectivity index (χ0v) is 12.9. The maximum absolute atomic E-state index is 12.2. The first-order chi connectivity index (χ1) is 10.7. The maximum atomic E-state index is 12.2. The van der Waals surface area contributed by atoms with Gasteiger partial charge in [0.1, 0.15) is 5.76 Å². The van der Waals surface area contributed by atoms with E-state index in [1.165, 1.54) is 0 Å². The van der Waals surface area contributed by atoms with Crippen LogP contribution in [-0.2, 0) is 4.74 Å². The van der Waals surface area contributed by atoms with E-state index in [0.717, 1.165) is 11.1 Å². The molecule has 0 bridgehead atoms. The SMILES string of the molecule is CCN(CC)C(=O)O/C(=C\c1ccncc1)c1ccccc1. The van der Waals surface area contributed by atoms with Crippen molar-refractivity contribution in [1.29, 1.82) is 0 Å². The number of nitrogens with zero attached hydrogens (tertiary/aromatic N) is 2. The summed E-state index contributed by atoms with van der Waals surface area (Å²) >= 11 is 0. The highest BCUT2D eigenvalue weighted by Gasteiger charge is 2.14. The van der Waals surface area contributed by atoms with Crippen LogP contribution in [0.25, 0.3) is 11.8 Å². The third-order valence-corrected chi connectivity index (χ3v) is 3.28. The van der Waals surface area contributed by atoms with Gasteiger partial charge in [0.2, 0.25) is 0 Å². The van der Waals surface area contributed by atoms with Gasteiger partial charge in [0.15, 0.2) is 0 Å². The summed E-state index contributed by atoms with van der Waals surface area (Å²) in [5.74, 6) is 0.531. The number of amides is 1. The fourth-order valence-corrected chi connectivity index (χ4v) is 2.03. The number of aromatic nitrogens is 1. The lowest BCUT2D eigenvalue weighted by molar-refractivity contribution is 0.148. The van der Waals surface area contributed by atoms with Crippen LogP contribution in [0, 0.1) is 0 Å². The average molecular weight is 296 g/mol. The summed E-state index contributed by atoms with van der Waals surface area (Å²) in [6.45, 7) is 5.10. The summed E-state index contributed by atoms with van der Waals surface area (Å²) in [5, 5.41) is 0. The van der Waals surface area contributed by atoms with E-state index in [1.54, 1.807) is 17.3 Å². The third kappa shape index (κ3) is 4.19. The topological polar surface area (TPSA) is 42.4 Å². The first-order valence-electron chi connectivity index (χ1n) is 7.38. The van der Waals surface area contributed by atoms with Gasteiger partial charge in [-0.2, -0.15) is 0 Å². The minimum Gasteiger partial charge on any atom is -0.410 e. The molecule has 0 aliphatic heterocycles. The molecule has 0 aliphatic carbocycles. The van der Waals surface area contributed by atoms with Gasteiger partial charge >= 0.3 is 6.09 Å². The van der Waals surface area contributed by atoms with Gasteiger partial charge in [0, 0.05) is 31.0 Å². The molecule has 22 heavy (non-hydrogen) atoms. The Morgan fingerprint density at radius 2 is 1.73 bits per heavy atom. The number of benzene rings is 1. The smallest absolute Gasteiger partial charge is 0.410 e. The predicted molar refractivity (Wildman–Crippen MR) is 88.0 cm³/mol. The van der Waals surface area contributed by atoms with Crippen LogP contribution in [0.15, 0.2) is 54.9 Å².